The molecular formula is C16H20ClFN2S. The van der Waals surface area contributed by atoms with Gasteiger partial charge in [0.1, 0.15) is 5.82 Å². The van der Waals surface area contributed by atoms with Gasteiger partial charge in [-0.3, -0.25) is 0 Å². The molecule has 0 saturated heterocycles. The van der Waals surface area contributed by atoms with Gasteiger partial charge in [0.25, 0.3) is 0 Å². The molecule has 0 radical (unpaired) electrons. The van der Waals surface area contributed by atoms with Gasteiger partial charge in [0, 0.05) is 17.3 Å². The molecule has 1 atom stereocenters. The number of likely N-dealkylation sites (N-methyl/N-ethyl adjacent to an activating group) is 1. The summed E-state index contributed by atoms with van der Waals surface area (Å²) < 4.78 is 14.0. The molecule has 1 aromatic heterocycles. The highest BCUT2D eigenvalue weighted by molar-refractivity contribution is 7.11. The molecule has 1 unspecified atom stereocenters. The van der Waals surface area contributed by atoms with Crippen LogP contribution in [0.25, 0.3) is 0 Å². The van der Waals surface area contributed by atoms with Crippen molar-refractivity contribution in [3.63, 3.8) is 0 Å². The average molecular weight is 327 g/mol. The number of hydrogen-bond acceptors (Lipinski definition) is 3. The summed E-state index contributed by atoms with van der Waals surface area (Å²) in [5.41, 5.74) is 1.73. The standard InChI is InChI=1S/C16H20ClFN2S/c1-4-19-13(9-15-20-10(2)11(3)21-15)8-12-6-5-7-14(17)16(12)18/h5-7,13,19H,4,8-9H2,1-3H3. The zero-order valence-electron chi connectivity index (χ0n) is 12.5. The van der Waals surface area contributed by atoms with Crippen LogP contribution in [0.2, 0.25) is 5.02 Å². The van der Waals surface area contributed by atoms with Gasteiger partial charge in [0.2, 0.25) is 0 Å². The van der Waals surface area contributed by atoms with Gasteiger partial charge in [-0.15, -0.1) is 11.3 Å². The van der Waals surface area contributed by atoms with Crippen molar-refractivity contribution in [2.75, 3.05) is 6.54 Å². The number of aromatic nitrogens is 1. The van der Waals surface area contributed by atoms with Gasteiger partial charge < -0.3 is 5.32 Å². The summed E-state index contributed by atoms with van der Waals surface area (Å²) in [7, 11) is 0. The lowest BCUT2D eigenvalue weighted by molar-refractivity contribution is 0.505. The molecule has 2 aromatic rings. The fourth-order valence-electron chi connectivity index (χ4n) is 2.31. The third kappa shape index (κ3) is 4.25. The van der Waals surface area contributed by atoms with Gasteiger partial charge in [-0.2, -0.15) is 0 Å². The Morgan fingerprint density at radius 2 is 2.10 bits per heavy atom. The molecule has 0 bridgehead atoms. The molecule has 21 heavy (non-hydrogen) atoms. The van der Waals surface area contributed by atoms with Gasteiger partial charge >= 0.3 is 0 Å². The first kappa shape index (κ1) is 16.4. The van der Waals surface area contributed by atoms with E-state index in [1.165, 1.54) is 4.88 Å². The second-order valence-electron chi connectivity index (χ2n) is 5.12. The number of aryl methyl sites for hydroxylation is 2. The lowest BCUT2D eigenvalue weighted by Gasteiger charge is -2.17. The van der Waals surface area contributed by atoms with Gasteiger partial charge in [0.15, 0.2) is 0 Å². The lowest BCUT2D eigenvalue weighted by atomic mass is 10.0. The number of hydrogen-bond donors (Lipinski definition) is 1. The minimum Gasteiger partial charge on any atom is -0.314 e. The van der Waals surface area contributed by atoms with Gasteiger partial charge in [-0.1, -0.05) is 30.7 Å². The first-order valence-corrected chi connectivity index (χ1v) is 8.29. The number of thiazole rings is 1. The molecule has 2 nitrogen and oxygen atoms in total. The minimum absolute atomic E-state index is 0.160. The number of benzene rings is 1. The van der Waals surface area contributed by atoms with Gasteiger partial charge in [-0.25, -0.2) is 9.37 Å². The first-order chi connectivity index (χ1) is 10.0. The molecule has 0 amide bonds. The molecule has 0 aliphatic heterocycles. The molecule has 0 aliphatic rings. The van der Waals surface area contributed by atoms with E-state index >= 15 is 0 Å². The molecule has 1 N–H and O–H groups in total. The van der Waals surface area contributed by atoms with Crippen LogP contribution in [0.4, 0.5) is 4.39 Å². The highest BCUT2D eigenvalue weighted by atomic mass is 35.5. The number of rotatable bonds is 6. The third-order valence-electron chi connectivity index (χ3n) is 3.48. The maximum Gasteiger partial charge on any atom is 0.145 e. The fraction of sp³-hybridized carbons (Fsp3) is 0.438. The normalized spacial score (nSPS) is 12.6. The van der Waals surface area contributed by atoms with E-state index in [4.69, 9.17) is 11.6 Å². The highest BCUT2D eigenvalue weighted by Crippen LogP contribution is 2.22. The molecule has 0 fully saturated rings. The number of nitrogens with one attached hydrogen (secondary N) is 1. The Bertz CT molecular complexity index is 593. The minimum atomic E-state index is -0.312. The summed E-state index contributed by atoms with van der Waals surface area (Å²) in [6.45, 7) is 7.00. The summed E-state index contributed by atoms with van der Waals surface area (Å²) in [5, 5.41) is 4.69. The van der Waals surface area contributed by atoms with E-state index in [1.54, 1.807) is 29.5 Å². The summed E-state index contributed by atoms with van der Waals surface area (Å²) in [6.07, 6.45) is 1.41. The summed E-state index contributed by atoms with van der Waals surface area (Å²) in [6, 6.07) is 5.33. The Balaban J connectivity index is 2.13. The van der Waals surface area contributed by atoms with E-state index in [0.29, 0.717) is 12.0 Å². The van der Waals surface area contributed by atoms with E-state index in [2.05, 4.69) is 24.1 Å². The van der Waals surface area contributed by atoms with Crippen LogP contribution >= 0.6 is 22.9 Å². The van der Waals surface area contributed by atoms with E-state index < -0.39 is 0 Å². The number of halogens is 2. The Hall–Kier alpha value is -0.970. The largest absolute Gasteiger partial charge is 0.314 e. The van der Waals surface area contributed by atoms with E-state index in [0.717, 1.165) is 23.7 Å². The molecule has 5 heteroatoms. The van der Waals surface area contributed by atoms with Crippen molar-refractivity contribution < 1.29 is 4.39 Å². The first-order valence-electron chi connectivity index (χ1n) is 7.10. The maximum atomic E-state index is 14.0. The Morgan fingerprint density at radius 1 is 1.33 bits per heavy atom. The predicted molar refractivity (Wildman–Crippen MR) is 87.9 cm³/mol. The lowest BCUT2D eigenvalue weighted by Crippen LogP contribution is -2.33. The second-order valence-corrected chi connectivity index (χ2v) is 6.82. The third-order valence-corrected chi connectivity index (χ3v) is 4.87. The smallest absolute Gasteiger partial charge is 0.145 e. The van der Waals surface area contributed by atoms with Crippen molar-refractivity contribution in [2.45, 2.75) is 39.7 Å². The van der Waals surface area contributed by atoms with Crippen LogP contribution in [-0.2, 0) is 12.8 Å². The van der Waals surface area contributed by atoms with Crippen molar-refractivity contribution in [2.24, 2.45) is 0 Å². The van der Waals surface area contributed by atoms with Crippen molar-refractivity contribution in [3.05, 3.63) is 50.2 Å². The molecule has 2 rings (SSSR count). The molecule has 114 valence electrons. The van der Waals surface area contributed by atoms with E-state index in [9.17, 15) is 4.39 Å². The fourth-order valence-corrected chi connectivity index (χ4v) is 3.52. The van der Waals surface area contributed by atoms with Crippen LogP contribution in [0, 0.1) is 19.7 Å². The predicted octanol–water partition coefficient (Wildman–Crippen LogP) is 4.32. The molecule has 1 heterocycles. The molecule has 0 saturated carbocycles. The zero-order valence-corrected chi connectivity index (χ0v) is 14.1. The molecule has 0 aliphatic carbocycles. The van der Waals surface area contributed by atoms with Crippen LogP contribution < -0.4 is 5.32 Å². The van der Waals surface area contributed by atoms with Crippen molar-refractivity contribution in [3.8, 4) is 0 Å². The zero-order chi connectivity index (χ0) is 15.4. The Labute approximate surface area is 134 Å². The maximum absolute atomic E-state index is 14.0. The van der Waals surface area contributed by atoms with Gasteiger partial charge in [0.05, 0.1) is 15.7 Å². The Morgan fingerprint density at radius 3 is 2.71 bits per heavy atom. The van der Waals surface area contributed by atoms with Crippen LogP contribution in [-0.4, -0.2) is 17.6 Å². The quantitative estimate of drug-likeness (QED) is 0.855. The molecule has 0 spiro atoms. The number of nitrogens with zero attached hydrogens (tertiary/aromatic N) is 1. The average Bonchev–Trinajstić information content (AvgIpc) is 2.74. The van der Waals surface area contributed by atoms with Crippen LogP contribution in [0.1, 0.15) is 28.1 Å². The summed E-state index contributed by atoms with van der Waals surface area (Å²) in [5.74, 6) is -0.312. The van der Waals surface area contributed by atoms with Crippen LogP contribution in [0.3, 0.4) is 0 Å². The van der Waals surface area contributed by atoms with Crippen molar-refractivity contribution >= 4 is 22.9 Å². The van der Waals surface area contributed by atoms with Crippen molar-refractivity contribution in [1.82, 2.24) is 10.3 Å². The Kier molecular flexibility index (Phi) is 5.73. The molecule has 1 aromatic carbocycles. The van der Waals surface area contributed by atoms with Gasteiger partial charge in [-0.05, 0) is 38.4 Å². The van der Waals surface area contributed by atoms with Crippen molar-refractivity contribution in [1.29, 1.82) is 0 Å². The van der Waals surface area contributed by atoms with Crippen LogP contribution in [0.5, 0.6) is 0 Å². The monoisotopic (exact) mass is 326 g/mol. The summed E-state index contributed by atoms with van der Waals surface area (Å²) >= 11 is 7.57. The highest BCUT2D eigenvalue weighted by Gasteiger charge is 2.16. The SMILES string of the molecule is CCNC(Cc1nc(C)c(C)s1)Cc1cccc(Cl)c1F. The summed E-state index contributed by atoms with van der Waals surface area (Å²) in [4.78, 5) is 5.82. The second kappa shape index (κ2) is 7.34. The van der Waals surface area contributed by atoms with E-state index in [-0.39, 0.29) is 16.9 Å². The van der Waals surface area contributed by atoms with E-state index in [1.807, 2.05) is 6.92 Å². The molecular weight excluding hydrogens is 307 g/mol. The van der Waals surface area contributed by atoms with Crippen LogP contribution in [0.15, 0.2) is 18.2 Å². The topological polar surface area (TPSA) is 24.9 Å².